The Labute approximate surface area is 186 Å². The number of ether oxygens (including phenoxy) is 1. The molecule has 1 unspecified atom stereocenters. The van der Waals surface area contributed by atoms with Gasteiger partial charge in [0.25, 0.3) is 0 Å². The fraction of sp³-hybridized carbons (Fsp3) is 0.583. The van der Waals surface area contributed by atoms with Crippen molar-refractivity contribution in [2.75, 3.05) is 39.8 Å². The lowest BCUT2D eigenvalue weighted by Gasteiger charge is -2.34. The third kappa shape index (κ3) is 5.86. The molecule has 4 rings (SSSR count). The Kier molecular flexibility index (Phi) is 7.25. The number of likely N-dealkylation sites (tertiary alicyclic amines) is 1. The quantitative estimate of drug-likeness (QED) is 0.591. The largest absolute Gasteiger partial charge is 0.370 e. The number of guanidine groups is 1. The molecule has 0 radical (unpaired) electrons. The van der Waals surface area contributed by atoms with Gasteiger partial charge in [0, 0.05) is 45.5 Å². The van der Waals surface area contributed by atoms with Gasteiger partial charge >= 0.3 is 0 Å². The molecule has 0 spiro atoms. The zero-order chi connectivity index (χ0) is 21.6. The molecule has 3 heterocycles. The van der Waals surface area contributed by atoms with E-state index in [-0.39, 0.29) is 6.10 Å². The maximum absolute atomic E-state index is 5.96. The van der Waals surface area contributed by atoms with Crippen LogP contribution in [0, 0.1) is 5.92 Å². The molecule has 1 aromatic carbocycles. The van der Waals surface area contributed by atoms with Gasteiger partial charge in [0.15, 0.2) is 5.96 Å². The predicted molar refractivity (Wildman–Crippen MR) is 124 cm³/mol. The number of hydrogen-bond acceptors (Lipinski definition) is 4. The Morgan fingerprint density at radius 1 is 1.16 bits per heavy atom. The molecule has 2 aromatic rings. The zero-order valence-electron chi connectivity index (χ0n) is 19.1. The first-order valence-corrected chi connectivity index (χ1v) is 11.5. The van der Waals surface area contributed by atoms with E-state index in [9.17, 15) is 0 Å². The van der Waals surface area contributed by atoms with E-state index in [2.05, 4.69) is 56.4 Å². The molecule has 1 aromatic heterocycles. The van der Waals surface area contributed by atoms with E-state index in [1.54, 1.807) is 0 Å². The van der Waals surface area contributed by atoms with Gasteiger partial charge in [-0.25, -0.2) is 0 Å². The van der Waals surface area contributed by atoms with Gasteiger partial charge < -0.3 is 15.0 Å². The molecule has 168 valence electrons. The van der Waals surface area contributed by atoms with Crippen LogP contribution < -0.4 is 5.32 Å². The van der Waals surface area contributed by atoms with Crippen LogP contribution in [0.3, 0.4) is 0 Å². The number of rotatable bonds is 5. The second-order valence-electron chi connectivity index (χ2n) is 8.93. The van der Waals surface area contributed by atoms with Gasteiger partial charge in [-0.05, 0) is 43.0 Å². The molecule has 31 heavy (non-hydrogen) atoms. The van der Waals surface area contributed by atoms with Gasteiger partial charge in [-0.2, -0.15) is 5.10 Å². The second kappa shape index (κ2) is 10.3. The van der Waals surface area contributed by atoms with Crippen LogP contribution in [0.15, 0.2) is 41.7 Å². The van der Waals surface area contributed by atoms with E-state index < -0.39 is 0 Å². The van der Waals surface area contributed by atoms with Crippen LogP contribution in [-0.2, 0) is 24.9 Å². The normalized spacial score (nSPS) is 21.5. The molecule has 2 saturated heterocycles. The molecule has 0 amide bonds. The van der Waals surface area contributed by atoms with Crippen LogP contribution in [0.25, 0.3) is 0 Å². The average Bonchev–Trinajstić information content (AvgIpc) is 3.23. The summed E-state index contributed by atoms with van der Waals surface area (Å²) < 4.78 is 7.78. The maximum Gasteiger partial charge on any atom is 0.194 e. The Morgan fingerprint density at radius 2 is 1.90 bits per heavy atom. The number of hydrogen-bond donors (Lipinski definition) is 1. The molecule has 2 aliphatic rings. The van der Waals surface area contributed by atoms with Gasteiger partial charge in [0.05, 0.1) is 19.3 Å². The van der Waals surface area contributed by atoms with Gasteiger partial charge in [0.2, 0.25) is 0 Å². The summed E-state index contributed by atoms with van der Waals surface area (Å²) in [6, 6.07) is 9.01. The molecule has 7 nitrogen and oxygen atoms in total. The first kappa shape index (κ1) is 21.8. The van der Waals surface area contributed by atoms with E-state index in [0.29, 0.717) is 6.61 Å². The van der Waals surface area contributed by atoms with Crippen molar-refractivity contribution >= 4 is 5.96 Å². The van der Waals surface area contributed by atoms with E-state index in [1.807, 2.05) is 31.2 Å². The monoisotopic (exact) mass is 424 g/mol. The van der Waals surface area contributed by atoms with Crippen molar-refractivity contribution in [1.82, 2.24) is 24.9 Å². The van der Waals surface area contributed by atoms with Crippen LogP contribution in [0.2, 0.25) is 0 Å². The Morgan fingerprint density at radius 3 is 2.58 bits per heavy atom. The molecule has 7 heteroatoms. The fourth-order valence-corrected chi connectivity index (χ4v) is 4.40. The van der Waals surface area contributed by atoms with Gasteiger partial charge in [0.1, 0.15) is 6.10 Å². The minimum Gasteiger partial charge on any atom is -0.370 e. The molecule has 1 atom stereocenters. The highest BCUT2D eigenvalue weighted by atomic mass is 16.5. The van der Waals surface area contributed by atoms with Gasteiger partial charge in [-0.1, -0.05) is 31.2 Å². The zero-order valence-corrected chi connectivity index (χ0v) is 19.1. The molecule has 1 N–H and O–H groups in total. The van der Waals surface area contributed by atoms with Crippen molar-refractivity contribution in [1.29, 1.82) is 0 Å². The summed E-state index contributed by atoms with van der Waals surface area (Å²) in [6.07, 6.45) is 6.58. The van der Waals surface area contributed by atoms with Crippen molar-refractivity contribution in [2.45, 2.75) is 39.0 Å². The average molecular weight is 425 g/mol. The van der Waals surface area contributed by atoms with Crippen LogP contribution >= 0.6 is 0 Å². The van der Waals surface area contributed by atoms with Crippen molar-refractivity contribution in [2.24, 2.45) is 18.0 Å². The lowest BCUT2D eigenvalue weighted by Crippen LogP contribution is -2.47. The van der Waals surface area contributed by atoms with Crippen LogP contribution in [0.4, 0.5) is 0 Å². The second-order valence-corrected chi connectivity index (χ2v) is 8.93. The van der Waals surface area contributed by atoms with E-state index in [0.717, 1.165) is 43.6 Å². The Balaban J connectivity index is 1.28. The summed E-state index contributed by atoms with van der Waals surface area (Å²) >= 11 is 0. The van der Waals surface area contributed by atoms with E-state index in [4.69, 9.17) is 4.74 Å². The van der Waals surface area contributed by atoms with Crippen molar-refractivity contribution in [3.63, 3.8) is 0 Å². The van der Waals surface area contributed by atoms with Crippen molar-refractivity contribution in [3.05, 3.63) is 53.3 Å². The number of morpholine rings is 1. The Hall–Kier alpha value is -2.38. The third-order valence-electron chi connectivity index (χ3n) is 6.43. The smallest absolute Gasteiger partial charge is 0.194 e. The maximum atomic E-state index is 5.96. The van der Waals surface area contributed by atoms with Crippen LogP contribution in [-0.4, -0.2) is 65.4 Å². The van der Waals surface area contributed by atoms with Gasteiger partial charge in [-0.3, -0.25) is 14.6 Å². The molecular formula is C24H36N6O. The molecule has 0 saturated carbocycles. The highest BCUT2D eigenvalue weighted by Crippen LogP contribution is 2.22. The SMILES string of the molecule is CN=C(NCc1ccc(CN2CCC(C)CC2)cc1)N1CCOC(c2cnn(C)c2)C1. The van der Waals surface area contributed by atoms with Crippen molar-refractivity contribution in [3.8, 4) is 0 Å². The summed E-state index contributed by atoms with van der Waals surface area (Å²) in [5.74, 6) is 1.80. The summed E-state index contributed by atoms with van der Waals surface area (Å²) in [5, 5.41) is 7.80. The molecule has 2 fully saturated rings. The summed E-state index contributed by atoms with van der Waals surface area (Å²) in [6.45, 7) is 8.94. The number of nitrogens with one attached hydrogen (secondary N) is 1. The lowest BCUT2D eigenvalue weighted by atomic mass is 9.99. The molecule has 0 bridgehead atoms. The summed E-state index contributed by atoms with van der Waals surface area (Å²) in [7, 11) is 3.78. The summed E-state index contributed by atoms with van der Waals surface area (Å²) in [4.78, 5) is 9.36. The van der Waals surface area contributed by atoms with Crippen molar-refractivity contribution < 1.29 is 4.74 Å². The molecular weight excluding hydrogens is 388 g/mol. The predicted octanol–water partition coefficient (Wildman–Crippen LogP) is 2.80. The van der Waals surface area contributed by atoms with Crippen LogP contribution in [0.1, 0.15) is 42.6 Å². The number of aliphatic imine (C=N–C) groups is 1. The highest BCUT2D eigenvalue weighted by molar-refractivity contribution is 5.80. The standard InChI is InChI=1S/C24H36N6O/c1-19-8-10-29(11-9-19)16-21-6-4-20(5-7-21)14-26-24(25-2)30-12-13-31-23(18-30)22-15-27-28(3)17-22/h4-7,15,17,19,23H,8-14,16,18H2,1-3H3,(H,25,26). The summed E-state index contributed by atoms with van der Waals surface area (Å²) in [5.41, 5.74) is 3.78. The highest BCUT2D eigenvalue weighted by Gasteiger charge is 2.25. The molecule has 2 aliphatic heterocycles. The number of nitrogens with zero attached hydrogens (tertiary/aromatic N) is 5. The minimum atomic E-state index is 0.0260. The Bertz CT molecular complexity index is 853. The lowest BCUT2D eigenvalue weighted by molar-refractivity contribution is -0.00805. The van der Waals surface area contributed by atoms with E-state index in [1.165, 1.54) is 37.1 Å². The van der Waals surface area contributed by atoms with Crippen LogP contribution in [0.5, 0.6) is 0 Å². The topological polar surface area (TPSA) is 57.9 Å². The first-order valence-electron chi connectivity index (χ1n) is 11.5. The van der Waals surface area contributed by atoms with E-state index >= 15 is 0 Å². The molecule has 0 aliphatic carbocycles. The first-order chi connectivity index (χ1) is 15.1. The fourth-order valence-electron chi connectivity index (χ4n) is 4.40. The number of aryl methyl sites for hydroxylation is 1. The number of aromatic nitrogens is 2. The minimum absolute atomic E-state index is 0.0260. The number of benzene rings is 1. The van der Waals surface area contributed by atoms with Gasteiger partial charge in [-0.15, -0.1) is 0 Å². The number of piperidine rings is 1. The third-order valence-corrected chi connectivity index (χ3v) is 6.43.